The Bertz CT molecular complexity index is 850. The number of hydrogen-bond donors (Lipinski definition) is 0. The number of aliphatic imine (C=N–C) groups is 1. The summed E-state index contributed by atoms with van der Waals surface area (Å²) in [6.45, 7) is 10.9. The average Bonchev–Trinajstić information content (AvgIpc) is 2.69. The smallest absolute Gasteiger partial charge is 0.336 e. The second kappa shape index (κ2) is 9.87. The molecule has 1 aromatic rings. The minimum Gasteiger partial charge on any atom is -0.461 e. The molecule has 2 rings (SSSR count). The van der Waals surface area contributed by atoms with Crippen LogP contribution in [0.3, 0.4) is 0 Å². The lowest BCUT2D eigenvalue weighted by Gasteiger charge is -2.31. The molecule has 29 heavy (non-hydrogen) atoms. The van der Waals surface area contributed by atoms with Crippen LogP contribution in [0.2, 0.25) is 0 Å². The van der Waals surface area contributed by atoms with Gasteiger partial charge in [0.2, 0.25) is 0 Å². The molecule has 0 amide bonds. The van der Waals surface area contributed by atoms with E-state index in [0.717, 1.165) is 11.3 Å². The molecule has 2 atom stereocenters. The zero-order valence-corrected chi connectivity index (χ0v) is 17.5. The number of nitrogens with zero attached hydrogens (tertiary/aromatic N) is 2. The summed E-state index contributed by atoms with van der Waals surface area (Å²) in [5, 5.41) is 0. The molecule has 0 radical (unpaired) electrons. The van der Waals surface area contributed by atoms with Crippen molar-refractivity contribution in [2.75, 3.05) is 32.2 Å². The third-order valence-corrected chi connectivity index (χ3v) is 4.75. The number of benzene rings is 1. The van der Waals surface area contributed by atoms with Crippen molar-refractivity contribution in [2.45, 2.75) is 19.8 Å². The first-order valence-electron chi connectivity index (χ1n) is 9.40. The highest BCUT2D eigenvalue weighted by Gasteiger charge is 2.42. The number of carbonyl (C=O) groups is 2. The minimum absolute atomic E-state index is 0.0795. The molecule has 6 heteroatoms. The predicted molar refractivity (Wildman–Crippen MR) is 115 cm³/mol. The second-order valence-corrected chi connectivity index (χ2v) is 7.00. The Hall–Kier alpha value is -3.15. The van der Waals surface area contributed by atoms with Gasteiger partial charge in [0.15, 0.2) is 0 Å². The normalized spacial score (nSPS) is 18.6. The fourth-order valence-corrected chi connectivity index (χ4v) is 3.39. The van der Waals surface area contributed by atoms with Gasteiger partial charge in [-0.05, 0) is 31.5 Å². The van der Waals surface area contributed by atoms with E-state index in [1.807, 2.05) is 43.3 Å². The summed E-state index contributed by atoms with van der Waals surface area (Å²) in [5.41, 5.74) is 3.31. The largest absolute Gasteiger partial charge is 0.461 e. The molecule has 0 N–H and O–H groups in total. The standard InChI is InChI=1S/C23H28N2O4/c1-7-13-28-22(26)19-15(3)24-16(4)20(23(27)29-14-8-2)21(19)17-9-11-18(12-10-17)25(5)6/h7-12,19,21H,1-2,13-14H2,3-6H3/t19?,21-/m0/s1. The van der Waals surface area contributed by atoms with Crippen molar-refractivity contribution in [3.63, 3.8) is 0 Å². The number of allylic oxidation sites excluding steroid dienone is 1. The van der Waals surface area contributed by atoms with E-state index in [1.165, 1.54) is 12.2 Å². The first-order valence-corrected chi connectivity index (χ1v) is 9.40. The Kier molecular flexibility index (Phi) is 7.53. The number of carbonyl (C=O) groups excluding carboxylic acids is 2. The van der Waals surface area contributed by atoms with Crippen LogP contribution in [0, 0.1) is 5.92 Å². The van der Waals surface area contributed by atoms with Crippen LogP contribution < -0.4 is 4.90 Å². The van der Waals surface area contributed by atoms with Crippen LogP contribution in [0.4, 0.5) is 5.69 Å². The monoisotopic (exact) mass is 396 g/mol. The van der Waals surface area contributed by atoms with Gasteiger partial charge in [-0.3, -0.25) is 9.79 Å². The van der Waals surface area contributed by atoms with E-state index in [0.29, 0.717) is 17.0 Å². The molecule has 6 nitrogen and oxygen atoms in total. The average molecular weight is 396 g/mol. The zero-order chi connectivity index (χ0) is 21.6. The molecular weight excluding hydrogens is 368 g/mol. The third kappa shape index (κ3) is 5.02. The van der Waals surface area contributed by atoms with E-state index in [9.17, 15) is 9.59 Å². The Labute approximate surface area is 172 Å². The summed E-state index contributed by atoms with van der Waals surface area (Å²) in [4.78, 5) is 32.1. The molecule has 1 heterocycles. The van der Waals surface area contributed by atoms with Gasteiger partial charge in [-0.25, -0.2) is 4.79 Å². The number of ether oxygens (including phenoxy) is 2. The van der Waals surface area contributed by atoms with Crippen molar-refractivity contribution in [3.05, 3.63) is 66.4 Å². The SMILES string of the molecule is C=CCOC(=O)C1=C(C)N=C(C)C(C(=O)OCC=C)[C@@H]1c1ccc(N(C)C)cc1. The van der Waals surface area contributed by atoms with Crippen molar-refractivity contribution < 1.29 is 19.1 Å². The molecule has 0 aromatic heterocycles. The lowest BCUT2D eigenvalue weighted by molar-refractivity contribution is -0.145. The van der Waals surface area contributed by atoms with Crippen molar-refractivity contribution in [2.24, 2.45) is 10.9 Å². The van der Waals surface area contributed by atoms with Gasteiger partial charge in [-0.2, -0.15) is 0 Å². The Balaban J connectivity index is 2.56. The highest BCUT2D eigenvalue weighted by Crippen LogP contribution is 2.40. The minimum atomic E-state index is -0.727. The van der Waals surface area contributed by atoms with Crippen molar-refractivity contribution in [1.82, 2.24) is 0 Å². The molecule has 154 valence electrons. The van der Waals surface area contributed by atoms with E-state index < -0.39 is 23.8 Å². The molecule has 0 saturated carbocycles. The maximum Gasteiger partial charge on any atom is 0.336 e. The molecule has 0 aliphatic carbocycles. The molecule has 1 aliphatic heterocycles. The Morgan fingerprint density at radius 1 is 1.07 bits per heavy atom. The van der Waals surface area contributed by atoms with Crippen LogP contribution in [-0.2, 0) is 19.1 Å². The van der Waals surface area contributed by atoms with Gasteiger partial charge in [0.25, 0.3) is 0 Å². The highest BCUT2D eigenvalue weighted by atomic mass is 16.5. The maximum absolute atomic E-state index is 12.9. The van der Waals surface area contributed by atoms with Crippen LogP contribution in [0.15, 0.2) is 65.8 Å². The summed E-state index contributed by atoms with van der Waals surface area (Å²) in [7, 11) is 3.90. The van der Waals surface area contributed by atoms with Crippen LogP contribution in [-0.4, -0.2) is 45.0 Å². The summed E-state index contributed by atoms with van der Waals surface area (Å²) in [6, 6.07) is 7.73. The molecule has 1 unspecified atom stereocenters. The fourth-order valence-electron chi connectivity index (χ4n) is 3.39. The van der Waals surface area contributed by atoms with E-state index in [1.54, 1.807) is 13.8 Å². The van der Waals surface area contributed by atoms with Gasteiger partial charge in [0.05, 0.1) is 5.57 Å². The number of anilines is 1. The quantitative estimate of drug-likeness (QED) is 0.495. The summed E-state index contributed by atoms with van der Waals surface area (Å²) in [6.07, 6.45) is 3.01. The van der Waals surface area contributed by atoms with Crippen molar-refractivity contribution in [3.8, 4) is 0 Å². The predicted octanol–water partition coefficient (Wildman–Crippen LogP) is 3.66. The van der Waals surface area contributed by atoms with Crippen molar-refractivity contribution >= 4 is 23.3 Å². The Morgan fingerprint density at radius 3 is 2.21 bits per heavy atom. The highest BCUT2D eigenvalue weighted by molar-refractivity contribution is 6.07. The topological polar surface area (TPSA) is 68.2 Å². The first kappa shape index (κ1) is 22.1. The molecule has 0 bridgehead atoms. The number of esters is 2. The zero-order valence-electron chi connectivity index (χ0n) is 17.5. The molecule has 0 spiro atoms. The molecule has 0 saturated heterocycles. The van der Waals surface area contributed by atoms with E-state index in [-0.39, 0.29) is 13.2 Å². The van der Waals surface area contributed by atoms with Gasteiger partial charge in [0, 0.05) is 37.1 Å². The maximum atomic E-state index is 12.9. The second-order valence-electron chi connectivity index (χ2n) is 7.00. The van der Waals surface area contributed by atoms with Gasteiger partial charge in [-0.15, -0.1) is 0 Å². The summed E-state index contributed by atoms with van der Waals surface area (Å²) < 4.78 is 10.6. The van der Waals surface area contributed by atoms with Gasteiger partial charge in [-0.1, -0.05) is 37.4 Å². The van der Waals surface area contributed by atoms with Gasteiger partial charge < -0.3 is 14.4 Å². The van der Waals surface area contributed by atoms with Gasteiger partial charge >= 0.3 is 11.9 Å². The lowest BCUT2D eigenvalue weighted by Crippen LogP contribution is -2.36. The molecule has 0 fully saturated rings. The fraction of sp³-hybridized carbons (Fsp3) is 0.348. The molecular formula is C23H28N2O4. The van der Waals surface area contributed by atoms with Crippen LogP contribution >= 0.6 is 0 Å². The summed E-state index contributed by atoms with van der Waals surface area (Å²) in [5.74, 6) is -2.25. The van der Waals surface area contributed by atoms with Crippen molar-refractivity contribution in [1.29, 1.82) is 0 Å². The third-order valence-electron chi connectivity index (χ3n) is 4.75. The lowest BCUT2D eigenvalue weighted by atomic mass is 9.75. The Morgan fingerprint density at radius 2 is 1.66 bits per heavy atom. The van der Waals surface area contributed by atoms with Crippen LogP contribution in [0.5, 0.6) is 0 Å². The molecule has 1 aliphatic rings. The molecule has 1 aromatic carbocycles. The van der Waals surface area contributed by atoms with Crippen LogP contribution in [0.1, 0.15) is 25.3 Å². The first-order chi connectivity index (χ1) is 13.8. The van der Waals surface area contributed by atoms with Gasteiger partial charge in [0.1, 0.15) is 19.1 Å². The summed E-state index contributed by atoms with van der Waals surface area (Å²) >= 11 is 0. The number of hydrogen-bond acceptors (Lipinski definition) is 6. The van der Waals surface area contributed by atoms with E-state index >= 15 is 0 Å². The number of rotatable bonds is 8. The van der Waals surface area contributed by atoms with Crippen LogP contribution in [0.25, 0.3) is 0 Å². The van der Waals surface area contributed by atoms with E-state index in [2.05, 4.69) is 18.2 Å². The van der Waals surface area contributed by atoms with E-state index in [4.69, 9.17) is 9.47 Å².